The van der Waals surface area contributed by atoms with Gasteiger partial charge in [0.05, 0.1) is 23.1 Å². The molecule has 0 saturated carbocycles. The number of hydrogen-bond donors (Lipinski definition) is 0. The number of anilines is 1. The predicted octanol–water partition coefficient (Wildman–Crippen LogP) is 4.58. The first-order chi connectivity index (χ1) is 14.4. The molecule has 0 bridgehead atoms. The molecule has 0 spiro atoms. The highest BCUT2D eigenvalue weighted by atomic mass is 19.1. The fourth-order valence-electron chi connectivity index (χ4n) is 4.63. The number of benzene rings is 1. The van der Waals surface area contributed by atoms with Gasteiger partial charge in [0, 0.05) is 24.0 Å². The standard InChI is InChI=1S/C23H25FN6/c1-13-5-14(2)11-29(10-13)22-9-18-19(24)7-17(8-21(18)26-27-22)20-6-15(3)23-25-16(4)12-30(23)28-20/h6-9,12-14H,5,10-11H2,1-4H3/t13-,14+. The third kappa shape index (κ3) is 3.28. The van der Waals surface area contributed by atoms with Crippen LogP contribution in [0.4, 0.5) is 10.2 Å². The average molecular weight is 404 g/mol. The van der Waals surface area contributed by atoms with Gasteiger partial charge in [0.25, 0.3) is 0 Å². The molecule has 5 rings (SSSR count). The van der Waals surface area contributed by atoms with Gasteiger partial charge in [0.1, 0.15) is 5.82 Å². The molecule has 30 heavy (non-hydrogen) atoms. The zero-order valence-corrected chi connectivity index (χ0v) is 17.7. The predicted molar refractivity (Wildman–Crippen MR) is 116 cm³/mol. The lowest BCUT2D eigenvalue weighted by Gasteiger charge is -2.35. The molecule has 7 heteroatoms. The second-order valence-corrected chi connectivity index (χ2v) is 8.81. The quantitative estimate of drug-likeness (QED) is 0.490. The Morgan fingerprint density at radius 1 is 1.00 bits per heavy atom. The second kappa shape index (κ2) is 7.00. The maximum Gasteiger partial charge on any atom is 0.156 e. The first kappa shape index (κ1) is 18.9. The summed E-state index contributed by atoms with van der Waals surface area (Å²) in [6.45, 7) is 10.3. The summed E-state index contributed by atoms with van der Waals surface area (Å²) in [7, 11) is 0. The van der Waals surface area contributed by atoms with Crippen LogP contribution in [-0.4, -0.2) is 37.9 Å². The van der Waals surface area contributed by atoms with E-state index in [0.717, 1.165) is 35.8 Å². The van der Waals surface area contributed by atoms with Gasteiger partial charge < -0.3 is 4.90 Å². The molecular weight excluding hydrogens is 379 g/mol. The Morgan fingerprint density at radius 2 is 1.77 bits per heavy atom. The largest absolute Gasteiger partial charge is 0.355 e. The Morgan fingerprint density at radius 3 is 2.53 bits per heavy atom. The van der Waals surface area contributed by atoms with Crippen LogP contribution in [0.3, 0.4) is 0 Å². The van der Waals surface area contributed by atoms with Gasteiger partial charge in [-0.2, -0.15) is 5.10 Å². The molecule has 1 saturated heterocycles. The number of nitrogens with zero attached hydrogens (tertiary/aromatic N) is 6. The average Bonchev–Trinajstić information content (AvgIpc) is 3.08. The lowest BCUT2D eigenvalue weighted by Crippen LogP contribution is -2.39. The second-order valence-electron chi connectivity index (χ2n) is 8.81. The number of aryl methyl sites for hydroxylation is 2. The van der Waals surface area contributed by atoms with Crippen molar-refractivity contribution in [3.63, 3.8) is 0 Å². The van der Waals surface area contributed by atoms with E-state index in [9.17, 15) is 0 Å². The maximum atomic E-state index is 15.1. The van der Waals surface area contributed by atoms with Crippen LogP contribution in [0.25, 0.3) is 27.8 Å². The van der Waals surface area contributed by atoms with Crippen LogP contribution in [0.2, 0.25) is 0 Å². The van der Waals surface area contributed by atoms with Gasteiger partial charge in [-0.25, -0.2) is 13.9 Å². The Balaban J connectivity index is 1.56. The molecule has 1 fully saturated rings. The van der Waals surface area contributed by atoms with E-state index in [-0.39, 0.29) is 5.82 Å². The van der Waals surface area contributed by atoms with Crippen molar-refractivity contribution < 1.29 is 4.39 Å². The van der Waals surface area contributed by atoms with Crippen LogP contribution >= 0.6 is 0 Å². The third-order valence-corrected chi connectivity index (χ3v) is 5.86. The lowest BCUT2D eigenvalue weighted by atomic mass is 9.92. The molecule has 4 heterocycles. The first-order valence-electron chi connectivity index (χ1n) is 10.4. The highest BCUT2D eigenvalue weighted by Gasteiger charge is 2.23. The molecule has 1 aliphatic rings. The minimum atomic E-state index is -0.307. The van der Waals surface area contributed by atoms with Crippen LogP contribution < -0.4 is 4.90 Å². The minimum absolute atomic E-state index is 0.307. The summed E-state index contributed by atoms with van der Waals surface area (Å²) in [6.07, 6.45) is 3.08. The number of halogens is 1. The SMILES string of the molecule is Cc1cn2nc(-c3cc(F)c4cc(N5C[C@H](C)C[C@H](C)C5)nnc4c3)cc(C)c2n1. The number of imidazole rings is 1. The number of rotatable bonds is 2. The molecule has 1 aliphatic heterocycles. The van der Waals surface area contributed by atoms with Gasteiger partial charge in [-0.15, -0.1) is 10.2 Å². The number of fused-ring (bicyclic) bond motifs is 2. The van der Waals surface area contributed by atoms with E-state index >= 15 is 4.39 Å². The molecule has 0 aliphatic carbocycles. The van der Waals surface area contributed by atoms with E-state index < -0.39 is 0 Å². The van der Waals surface area contributed by atoms with E-state index in [0.29, 0.717) is 34.0 Å². The summed E-state index contributed by atoms with van der Waals surface area (Å²) in [5, 5.41) is 13.9. The number of aromatic nitrogens is 5. The molecular formula is C23H25FN6. The maximum absolute atomic E-state index is 15.1. The van der Waals surface area contributed by atoms with Crippen LogP contribution in [0.5, 0.6) is 0 Å². The van der Waals surface area contributed by atoms with Crippen molar-refractivity contribution in [3.8, 4) is 11.3 Å². The van der Waals surface area contributed by atoms with E-state index in [1.807, 2.05) is 38.2 Å². The molecule has 0 N–H and O–H groups in total. The molecule has 3 aromatic heterocycles. The van der Waals surface area contributed by atoms with Crippen molar-refractivity contribution in [2.24, 2.45) is 11.8 Å². The van der Waals surface area contributed by atoms with Crippen LogP contribution in [0.1, 0.15) is 31.5 Å². The summed E-state index contributed by atoms with van der Waals surface area (Å²) in [5.74, 6) is 1.62. The van der Waals surface area contributed by atoms with E-state index in [2.05, 4.69) is 39.0 Å². The van der Waals surface area contributed by atoms with Gasteiger partial charge in [-0.3, -0.25) is 0 Å². The molecule has 0 amide bonds. The van der Waals surface area contributed by atoms with Crippen molar-refractivity contribution in [2.45, 2.75) is 34.1 Å². The normalized spacial score (nSPS) is 19.7. The van der Waals surface area contributed by atoms with E-state index in [1.165, 1.54) is 12.5 Å². The Labute approximate surface area is 174 Å². The van der Waals surface area contributed by atoms with Crippen molar-refractivity contribution in [1.29, 1.82) is 0 Å². The molecule has 6 nitrogen and oxygen atoms in total. The molecule has 1 aromatic carbocycles. The van der Waals surface area contributed by atoms with Crippen LogP contribution in [0.15, 0.2) is 30.5 Å². The van der Waals surface area contributed by atoms with Crippen molar-refractivity contribution in [3.05, 3.63) is 47.5 Å². The van der Waals surface area contributed by atoms with Crippen molar-refractivity contribution >= 4 is 22.4 Å². The number of piperidine rings is 1. The zero-order chi connectivity index (χ0) is 21.0. The van der Waals surface area contributed by atoms with Gasteiger partial charge in [0.15, 0.2) is 11.5 Å². The first-order valence-corrected chi connectivity index (χ1v) is 10.4. The fourth-order valence-corrected chi connectivity index (χ4v) is 4.63. The Kier molecular flexibility index (Phi) is 4.41. The van der Waals surface area contributed by atoms with Gasteiger partial charge in [-0.05, 0) is 61.9 Å². The summed E-state index contributed by atoms with van der Waals surface area (Å²) in [5.41, 5.74) is 4.59. The van der Waals surface area contributed by atoms with Gasteiger partial charge >= 0.3 is 0 Å². The summed E-state index contributed by atoms with van der Waals surface area (Å²) >= 11 is 0. The van der Waals surface area contributed by atoms with E-state index in [1.54, 1.807) is 4.52 Å². The Bertz CT molecular complexity index is 1250. The highest BCUT2D eigenvalue weighted by molar-refractivity contribution is 5.85. The van der Waals surface area contributed by atoms with Crippen molar-refractivity contribution in [2.75, 3.05) is 18.0 Å². The smallest absolute Gasteiger partial charge is 0.156 e. The van der Waals surface area contributed by atoms with Gasteiger partial charge in [0.2, 0.25) is 0 Å². The molecule has 154 valence electrons. The fraction of sp³-hybridized carbons (Fsp3) is 0.391. The molecule has 2 atom stereocenters. The van der Waals surface area contributed by atoms with Gasteiger partial charge in [-0.1, -0.05) is 13.8 Å². The molecule has 0 unspecified atom stereocenters. The van der Waals surface area contributed by atoms with Crippen LogP contribution in [-0.2, 0) is 0 Å². The molecule has 0 radical (unpaired) electrons. The summed E-state index contributed by atoms with van der Waals surface area (Å²) in [4.78, 5) is 6.70. The van der Waals surface area contributed by atoms with E-state index in [4.69, 9.17) is 0 Å². The van der Waals surface area contributed by atoms with Crippen LogP contribution in [0, 0.1) is 31.5 Å². The topological polar surface area (TPSA) is 59.2 Å². The lowest BCUT2D eigenvalue weighted by molar-refractivity contribution is 0.355. The molecule has 4 aromatic rings. The zero-order valence-electron chi connectivity index (χ0n) is 17.7. The highest BCUT2D eigenvalue weighted by Crippen LogP contribution is 2.30. The van der Waals surface area contributed by atoms with Crippen molar-refractivity contribution in [1.82, 2.24) is 24.8 Å². The third-order valence-electron chi connectivity index (χ3n) is 5.86. The minimum Gasteiger partial charge on any atom is -0.355 e. The monoisotopic (exact) mass is 404 g/mol. The summed E-state index contributed by atoms with van der Waals surface area (Å²) in [6, 6.07) is 7.15. The summed E-state index contributed by atoms with van der Waals surface area (Å²) < 4.78 is 16.9. The Hall–Kier alpha value is -3.09. The number of hydrogen-bond acceptors (Lipinski definition) is 5.